The van der Waals surface area contributed by atoms with E-state index in [2.05, 4.69) is 4.74 Å². The first-order chi connectivity index (χ1) is 7.51. The third-order valence-corrected chi connectivity index (χ3v) is 1.71. The van der Waals surface area contributed by atoms with Crippen molar-refractivity contribution in [2.24, 2.45) is 0 Å². The lowest BCUT2D eigenvalue weighted by Gasteiger charge is -1.92. The van der Waals surface area contributed by atoms with Gasteiger partial charge in [0.25, 0.3) is 5.78 Å². The van der Waals surface area contributed by atoms with Gasteiger partial charge in [-0.3, -0.25) is 4.79 Å². The number of nitrogens with zero attached hydrogens (tertiary/aromatic N) is 1. The zero-order chi connectivity index (χ0) is 12.6. The molecule has 4 heteroatoms. The van der Waals surface area contributed by atoms with E-state index in [4.69, 9.17) is 5.26 Å². The summed E-state index contributed by atoms with van der Waals surface area (Å²) in [7, 11) is 1.30. The molecule has 0 N–H and O–H groups in total. The van der Waals surface area contributed by atoms with Crippen molar-refractivity contribution in [2.75, 3.05) is 7.11 Å². The van der Waals surface area contributed by atoms with Crippen LogP contribution in [0.4, 0.5) is 0 Å². The average molecular weight is 219 g/mol. The zero-order valence-electron chi connectivity index (χ0n) is 9.48. The van der Waals surface area contributed by atoms with Gasteiger partial charge in [0.05, 0.1) is 7.11 Å². The van der Waals surface area contributed by atoms with Crippen LogP contribution in [0, 0.1) is 11.3 Å². The molecule has 0 aromatic heterocycles. The van der Waals surface area contributed by atoms with E-state index in [1.165, 1.54) is 25.3 Å². The molecule has 0 unspecified atom stereocenters. The molecule has 0 saturated carbocycles. The number of carbonyl (C=O) groups excluding carboxylic acids is 2. The molecule has 0 spiro atoms. The molecule has 0 rings (SSSR count). The maximum Gasteiger partial charge on any atom is 0.330 e. The maximum atomic E-state index is 10.9. The number of methoxy groups -OCH3 is 1. The van der Waals surface area contributed by atoms with Gasteiger partial charge in [-0.25, -0.2) is 4.79 Å². The Kier molecular flexibility index (Phi) is 6.22. The summed E-state index contributed by atoms with van der Waals surface area (Å²) in [6.07, 6.45) is 6.08. The normalized spacial score (nSPS) is 12.4. The summed E-state index contributed by atoms with van der Waals surface area (Å²) >= 11 is 0. The minimum Gasteiger partial charge on any atom is -0.466 e. The second kappa shape index (κ2) is 7.18. The first kappa shape index (κ1) is 13.8. The molecule has 0 aromatic carbocycles. The SMILES string of the molecule is COC(=O)/C=C(C)/C=C/C=C(\C)C(=O)C#N. The van der Waals surface area contributed by atoms with Crippen LogP contribution in [0.15, 0.2) is 35.5 Å². The van der Waals surface area contributed by atoms with Crippen molar-refractivity contribution in [1.29, 1.82) is 5.26 Å². The Hall–Kier alpha value is -2.15. The molecule has 0 aliphatic carbocycles. The Morgan fingerprint density at radius 1 is 1.31 bits per heavy atom. The first-order valence-corrected chi connectivity index (χ1v) is 4.57. The van der Waals surface area contributed by atoms with Crippen LogP contribution in [-0.4, -0.2) is 18.9 Å². The Bertz CT molecular complexity index is 408. The summed E-state index contributed by atoms with van der Waals surface area (Å²) in [6.45, 7) is 3.28. The van der Waals surface area contributed by atoms with Gasteiger partial charge in [0.2, 0.25) is 0 Å². The van der Waals surface area contributed by atoms with Crippen LogP contribution in [0.2, 0.25) is 0 Å². The molecular formula is C12H13NO3. The average Bonchev–Trinajstić information content (AvgIpc) is 2.27. The number of esters is 1. The molecule has 0 amide bonds. The van der Waals surface area contributed by atoms with Crippen LogP contribution in [0.25, 0.3) is 0 Å². The molecule has 0 radical (unpaired) electrons. The molecule has 0 heterocycles. The lowest BCUT2D eigenvalue weighted by Crippen LogP contribution is -1.95. The summed E-state index contributed by atoms with van der Waals surface area (Å²) in [5, 5.41) is 8.33. The molecule has 84 valence electrons. The monoisotopic (exact) mass is 219 g/mol. The molecule has 16 heavy (non-hydrogen) atoms. The fourth-order valence-electron chi connectivity index (χ4n) is 0.801. The number of rotatable bonds is 4. The van der Waals surface area contributed by atoms with Gasteiger partial charge in [-0.2, -0.15) is 5.26 Å². The van der Waals surface area contributed by atoms with Gasteiger partial charge < -0.3 is 4.74 Å². The van der Waals surface area contributed by atoms with E-state index in [0.717, 1.165) is 0 Å². The van der Waals surface area contributed by atoms with E-state index in [1.54, 1.807) is 26.0 Å². The highest BCUT2D eigenvalue weighted by Crippen LogP contribution is 1.99. The number of ether oxygens (including phenoxy) is 1. The van der Waals surface area contributed by atoms with E-state index in [1.807, 2.05) is 0 Å². The Balaban J connectivity index is 4.53. The molecule has 0 aromatic rings. The number of Topliss-reactive ketones (excluding diaryl/α,β-unsaturated/α-hetero) is 1. The molecule has 0 aliphatic rings. The Morgan fingerprint density at radius 3 is 2.44 bits per heavy atom. The van der Waals surface area contributed by atoms with Crippen LogP contribution in [0.1, 0.15) is 13.8 Å². The van der Waals surface area contributed by atoms with Gasteiger partial charge in [0.1, 0.15) is 6.07 Å². The van der Waals surface area contributed by atoms with Crippen molar-refractivity contribution in [2.45, 2.75) is 13.8 Å². The lowest BCUT2D eigenvalue weighted by atomic mass is 10.2. The number of hydrogen-bond acceptors (Lipinski definition) is 4. The molecular weight excluding hydrogens is 206 g/mol. The number of hydrogen-bond donors (Lipinski definition) is 0. The summed E-state index contributed by atoms with van der Waals surface area (Å²) in [5.41, 5.74) is 1.05. The fourth-order valence-corrected chi connectivity index (χ4v) is 0.801. The Morgan fingerprint density at radius 2 is 1.94 bits per heavy atom. The highest BCUT2D eigenvalue weighted by Gasteiger charge is 1.98. The van der Waals surface area contributed by atoms with Crippen molar-refractivity contribution in [1.82, 2.24) is 0 Å². The van der Waals surface area contributed by atoms with Crippen LogP contribution < -0.4 is 0 Å². The highest BCUT2D eigenvalue weighted by atomic mass is 16.5. The van der Waals surface area contributed by atoms with Gasteiger partial charge in [-0.1, -0.05) is 18.2 Å². The largest absolute Gasteiger partial charge is 0.466 e. The smallest absolute Gasteiger partial charge is 0.330 e. The van der Waals surface area contributed by atoms with Gasteiger partial charge in [-0.05, 0) is 19.4 Å². The van der Waals surface area contributed by atoms with E-state index in [0.29, 0.717) is 11.1 Å². The van der Waals surface area contributed by atoms with Gasteiger partial charge in [0.15, 0.2) is 0 Å². The van der Waals surface area contributed by atoms with E-state index in [9.17, 15) is 9.59 Å². The van der Waals surface area contributed by atoms with Gasteiger partial charge >= 0.3 is 5.97 Å². The Labute approximate surface area is 94.5 Å². The van der Waals surface area contributed by atoms with Crippen LogP contribution >= 0.6 is 0 Å². The standard InChI is InChI=1S/C12H13NO3/c1-9(7-12(15)16-3)5-4-6-10(2)11(14)8-13/h4-7H,1-3H3/b5-4+,9-7+,10-6+. The maximum absolute atomic E-state index is 10.9. The fraction of sp³-hybridized carbons (Fsp3) is 0.250. The van der Waals surface area contributed by atoms with Crippen LogP contribution in [-0.2, 0) is 14.3 Å². The van der Waals surface area contributed by atoms with Crippen molar-refractivity contribution < 1.29 is 14.3 Å². The van der Waals surface area contributed by atoms with Crippen molar-refractivity contribution in [3.05, 3.63) is 35.5 Å². The van der Waals surface area contributed by atoms with Crippen molar-refractivity contribution in [3.8, 4) is 6.07 Å². The predicted molar refractivity (Wildman–Crippen MR) is 59.3 cm³/mol. The predicted octanol–water partition coefficient (Wildman–Crippen LogP) is 1.70. The second-order valence-electron chi connectivity index (χ2n) is 3.06. The minimum absolute atomic E-state index is 0.351. The molecule has 0 fully saturated rings. The topological polar surface area (TPSA) is 67.2 Å². The quantitative estimate of drug-likeness (QED) is 0.312. The third-order valence-electron chi connectivity index (χ3n) is 1.71. The zero-order valence-corrected chi connectivity index (χ0v) is 9.48. The molecule has 0 atom stereocenters. The van der Waals surface area contributed by atoms with E-state index >= 15 is 0 Å². The number of ketones is 1. The van der Waals surface area contributed by atoms with Crippen LogP contribution in [0.3, 0.4) is 0 Å². The van der Waals surface area contributed by atoms with Gasteiger partial charge in [-0.15, -0.1) is 0 Å². The molecule has 0 saturated heterocycles. The van der Waals surface area contributed by atoms with E-state index in [-0.39, 0.29) is 0 Å². The highest BCUT2D eigenvalue weighted by molar-refractivity contribution is 6.06. The number of allylic oxidation sites excluding steroid dienone is 5. The minimum atomic E-state index is -0.570. The van der Waals surface area contributed by atoms with E-state index < -0.39 is 11.8 Å². The van der Waals surface area contributed by atoms with Gasteiger partial charge in [0, 0.05) is 11.6 Å². The summed E-state index contributed by atoms with van der Waals surface area (Å²) in [4.78, 5) is 21.7. The van der Waals surface area contributed by atoms with Crippen molar-refractivity contribution >= 4 is 11.8 Å². The lowest BCUT2D eigenvalue weighted by molar-refractivity contribution is -0.134. The summed E-state index contributed by atoms with van der Waals surface area (Å²) < 4.78 is 4.44. The molecule has 0 aliphatic heterocycles. The first-order valence-electron chi connectivity index (χ1n) is 4.57. The second-order valence-corrected chi connectivity index (χ2v) is 3.06. The molecule has 0 bridgehead atoms. The van der Waals surface area contributed by atoms with Crippen molar-refractivity contribution in [3.63, 3.8) is 0 Å². The summed E-state index contributed by atoms with van der Waals surface area (Å²) in [5.74, 6) is -1.00. The molecule has 4 nitrogen and oxygen atoms in total. The number of nitriles is 1. The number of carbonyl (C=O) groups is 2. The third kappa shape index (κ3) is 5.55. The van der Waals surface area contributed by atoms with Crippen LogP contribution in [0.5, 0.6) is 0 Å². The summed E-state index contributed by atoms with van der Waals surface area (Å²) in [6, 6.07) is 1.51.